The molecule has 0 unspecified atom stereocenters. The van der Waals surface area contributed by atoms with Gasteiger partial charge < -0.3 is 4.52 Å². The zero-order valence-electron chi connectivity index (χ0n) is 13.9. The van der Waals surface area contributed by atoms with Crippen LogP contribution in [0.15, 0.2) is 34.9 Å². The van der Waals surface area contributed by atoms with Crippen LogP contribution in [0.3, 0.4) is 0 Å². The summed E-state index contributed by atoms with van der Waals surface area (Å²) in [6.45, 7) is 6.93. The average Bonchev–Trinajstić information content (AvgIpc) is 2.89. The number of anilines is 1. The number of nitrogens with one attached hydrogen (secondary N) is 1. The quantitative estimate of drug-likeness (QED) is 0.905. The van der Waals surface area contributed by atoms with Gasteiger partial charge in [-0.25, -0.2) is 0 Å². The second kappa shape index (κ2) is 7.15. The molecule has 1 amide bonds. The van der Waals surface area contributed by atoms with Crippen molar-refractivity contribution >= 4 is 23.4 Å². The molecule has 0 bridgehead atoms. The highest BCUT2D eigenvalue weighted by molar-refractivity contribution is 6.31. The Bertz CT molecular complexity index is 676. The summed E-state index contributed by atoms with van der Waals surface area (Å²) >= 11 is 6.13. The van der Waals surface area contributed by atoms with Crippen molar-refractivity contribution in [1.29, 1.82) is 0 Å². The maximum absolute atomic E-state index is 12.1. The van der Waals surface area contributed by atoms with E-state index in [1.807, 2.05) is 57.0 Å². The molecule has 1 aromatic carbocycles. The number of hydrogen-bond donors (Lipinski definition) is 1. The summed E-state index contributed by atoms with van der Waals surface area (Å²) < 4.78 is 5.16. The van der Waals surface area contributed by atoms with Crippen molar-refractivity contribution in [3.8, 4) is 0 Å². The van der Waals surface area contributed by atoms with E-state index in [-0.39, 0.29) is 17.9 Å². The molecule has 1 N–H and O–H groups in total. The van der Waals surface area contributed by atoms with Crippen molar-refractivity contribution in [3.05, 3.63) is 46.6 Å². The molecule has 0 spiro atoms. The molecule has 0 aliphatic carbocycles. The topological polar surface area (TPSA) is 58.4 Å². The maximum atomic E-state index is 12.1. The van der Waals surface area contributed by atoms with E-state index in [0.29, 0.717) is 17.5 Å². The third kappa shape index (κ3) is 5.08. The first-order chi connectivity index (χ1) is 10.8. The number of amides is 1. The molecule has 0 saturated carbocycles. The molecule has 2 aromatic rings. The van der Waals surface area contributed by atoms with Crippen LogP contribution in [0.2, 0.25) is 5.02 Å². The van der Waals surface area contributed by atoms with E-state index in [4.69, 9.17) is 16.1 Å². The predicted octanol–water partition coefficient (Wildman–Crippen LogP) is 3.70. The SMILES string of the molecule is CN(CC(=O)Nc1cc(C(C)(C)C)no1)Cc1ccccc1Cl. The van der Waals surface area contributed by atoms with E-state index >= 15 is 0 Å². The van der Waals surface area contributed by atoms with E-state index in [1.165, 1.54) is 0 Å². The Morgan fingerprint density at radius 2 is 2.04 bits per heavy atom. The van der Waals surface area contributed by atoms with Gasteiger partial charge in [0.25, 0.3) is 0 Å². The molecule has 0 aliphatic heterocycles. The van der Waals surface area contributed by atoms with Crippen LogP contribution in [0.4, 0.5) is 5.88 Å². The average molecular weight is 336 g/mol. The molecular weight excluding hydrogens is 314 g/mol. The van der Waals surface area contributed by atoms with Crippen molar-refractivity contribution in [3.63, 3.8) is 0 Å². The van der Waals surface area contributed by atoms with Gasteiger partial charge in [0.05, 0.1) is 12.2 Å². The molecule has 0 fully saturated rings. The van der Waals surface area contributed by atoms with Crippen LogP contribution < -0.4 is 5.32 Å². The third-order valence-corrected chi connectivity index (χ3v) is 3.72. The van der Waals surface area contributed by atoms with Crippen molar-refractivity contribution < 1.29 is 9.32 Å². The molecule has 23 heavy (non-hydrogen) atoms. The van der Waals surface area contributed by atoms with Gasteiger partial charge in [-0.3, -0.25) is 15.0 Å². The van der Waals surface area contributed by atoms with Crippen LogP contribution in [-0.4, -0.2) is 29.6 Å². The maximum Gasteiger partial charge on any atom is 0.240 e. The van der Waals surface area contributed by atoms with Crippen molar-refractivity contribution in [2.75, 3.05) is 18.9 Å². The lowest BCUT2D eigenvalue weighted by Gasteiger charge is -2.16. The van der Waals surface area contributed by atoms with Crippen LogP contribution in [0, 0.1) is 0 Å². The number of halogens is 1. The molecule has 2 rings (SSSR count). The highest BCUT2D eigenvalue weighted by atomic mass is 35.5. The van der Waals surface area contributed by atoms with Crippen LogP contribution in [-0.2, 0) is 16.8 Å². The number of carbonyl (C=O) groups excluding carboxylic acids is 1. The number of benzene rings is 1. The molecule has 1 aromatic heterocycles. The largest absolute Gasteiger partial charge is 0.338 e. The number of aromatic nitrogens is 1. The van der Waals surface area contributed by atoms with Crippen molar-refractivity contribution in [2.24, 2.45) is 0 Å². The fourth-order valence-corrected chi connectivity index (χ4v) is 2.28. The fraction of sp³-hybridized carbons (Fsp3) is 0.412. The Morgan fingerprint density at radius 1 is 1.35 bits per heavy atom. The van der Waals surface area contributed by atoms with Gasteiger partial charge in [-0.2, -0.15) is 0 Å². The number of rotatable bonds is 5. The molecule has 6 heteroatoms. The number of nitrogens with zero attached hydrogens (tertiary/aromatic N) is 2. The number of hydrogen-bond acceptors (Lipinski definition) is 4. The summed E-state index contributed by atoms with van der Waals surface area (Å²) in [7, 11) is 1.86. The predicted molar refractivity (Wildman–Crippen MR) is 91.6 cm³/mol. The minimum Gasteiger partial charge on any atom is -0.338 e. The smallest absolute Gasteiger partial charge is 0.240 e. The van der Waals surface area contributed by atoms with Gasteiger partial charge in [0, 0.05) is 23.0 Å². The summed E-state index contributed by atoms with van der Waals surface area (Å²) in [4.78, 5) is 14.0. The minimum absolute atomic E-state index is 0.118. The normalized spacial score (nSPS) is 11.7. The lowest BCUT2D eigenvalue weighted by Crippen LogP contribution is -2.29. The molecular formula is C17H22ClN3O2. The summed E-state index contributed by atoms with van der Waals surface area (Å²) in [6.07, 6.45) is 0. The van der Waals surface area contributed by atoms with Crippen molar-refractivity contribution in [2.45, 2.75) is 32.7 Å². The van der Waals surface area contributed by atoms with Gasteiger partial charge in [0.15, 0.2) is 0 Å². The monoisotopic (exact) mass is 335 g/mol. The van der Waals surface area contributed by atoms with Gasteiger partial charge >= 0.3 is 0 Å². The first kappa shape index (κ1) is 17.5. The lowest BCUT2D eigenvalue weighted by atomic mass is 9.92. The van der Waals surface area contributed by atoms with E-state index < -0.39 is 0 Å². The second-order valence-corrected chi connectivity index (χ2v) is 7.05. The molecule has 1 heterocycles. The first-order valence-corrected chi connectivity index (χ1v) is 7.82. The van der Waals surface area contributed by atoms with Crippen LogP contribution in [0.1, 0.15) is 32.0 Å². The fourth-order valence-electron chi connectivity index (χ4n) is 2.08. The Balaban J connectivity index is 1.89. The molecule has 124 valence electrons. The minimum atomic E-state index is -0.156. The van der Waals surface area contributed by atoms with E-state index in [2.05, 4.69) is 10.5 Å². The van der Waals surface area contributed by atoms with Gasteiger partial charge in [-0.15, -0.1) is 0 Å². The number of carbonyl (C=O) groups is 1. The highest BCUT2D eigenvalue weighted by Gasteiger charge is 2.20. The molecule has 0 atom stereocenters. The zero-order valence-corrected chi connectivity index (χ0v) is 14.6. The first-order valence-electron chi connectivity index (χ1n) is 7.44. The third-order valence-electron chi connectivity index (χ3n) is 3.35. The molecule has 0 saturated heterocycles. The Morgan fingerprint density at radius 3 is 2.65 bits per heavy atom. The van der Waals surface area contributed by atoms with E-state index in [1.54, 1.807) is 6.07 Å². The van der Waals surface area contributed by atoms with Gasteiger partial charge in [-0.05, 0) is 18.7 Å². The zero-order chi connectivity index (χ0) is 17.0. The van der Waals surface area contributed by atoms with Crippen LogP contribution >= 0.6 is 11.6 Å². The van der Waals surface area contributed by atoms with Crippen LogP contribution in [0.5, 0.6) is 0 Å². The van der Waals surface area contributed by atoms with Gasteiger partial charge in [0.2, 0.25) is 11.8 Å². The summed E-state index contributed by atoms with van der Waals surface area (Å²) in [5.41, 5.74) is 1.67. The molecule has 5 nitrogen and oxygen atoms in total. The van der Waals surface area contributed by atoms with E-state index in [0.717, 1.165) is 11.3 Å². The molecule has 0 aliphatic rings. The van der Waals surface area contributed by atoms with Gasteiger partial charge in [0.1, 0.15) is 0 Å². The summed E-state index contributed by atoms with van der Waals surface area (Å²) in [6, 6.07) is 9.36. The summed E-state index contributed by atoms with van der Waals surface area (Å²) in [5, 5.41) is 7.40. The Kier molecular flexibility index (Phi) is 5.44. The molecule has 0 radical (unpaired) electrons. The Labute approximate surface area is 141 Å². The van der Waals surface area contributed by atoms with E-state index in [9.17, 15) is 4.79 Å². The Hall–Kier alpha value is -1.85. The number of likely N-dealkylation sites (N-methyl/N-ethyl adjacent to an activating group) is 1. The van der Waals surface area contributed by atoms with Crippen molar-refractivity contribution in [1.82, 2.24) is 10.1 Å². The van der Waals surface area contributed by atoms with Crippen LogP contribution in [0.25, 0.3) is 0 Å². The second-order valence-electron chi connectivity index (χ2n) is 6.64. The standard InChI is InChI=1S/C17H22ClN3O2/c1-17(2,3)14-9-16(23-20-14)19-15(22)11-21(4)10-12-7-5-6-8-13(12)18/h5-9H,10-11H2,1-4H3,(H,19,22). The van der Waals surface area contributed by atoms with Gasteiger partial charge in [-0.1, -0.05) is 55.7 Å². The lowest BCUT2D eigenvalue weighted by molar-refractivity contribution is -0.117. The highest BCUT2D eigenvalue weighted by Crippen LogP contribution is 2.23. The summed E-state index contributed by atoms with van der Waals surface area (Å²) in [5.74, 6) is 0.210.